The number of nitrogens with zero attached hydrogens (tertiary/aromatic N) is 3. The first kappa shape index (κ1) is 21.8. The Hall–Kier alpha value is -4.03. The van der Waals surface area contributed by atoms with Crippen molar-refractivity contribution in [2.24, 2.45) is 0 Å². The molecular weight excluding hydrogens is 442 g/mol. The predicted molar refractivity (Wildman–Crippen MR) is 137 cm³/mol. The van der Waals surface area contributed by atoms with Crippen LogP contribution in [-0.2, 0) is 13.0 Å². The quantitative estimate of drug-likeness (QED) is 0.262. The number of thiazole rings is 1. The minimum atomic E-state index is -0.131. The average molecular weight is 466 g/mol. The van der Waals surface area contributed by atoms with Gasteiger partial charge in [-0.25, -0.2) is 4.98 Å². The SMILES string of the molecule is CCc1cccc2sc(N(Cc3ccccn3)C(=O)c3ccc(Oc4ccccc4)cc3)nc12. The van der Waals surface area contributed by atoms with E-state index >= 15 is 0 Å². The van der Waals surface area contributed by atoms with Crippen LogP contribution in [0, 0.1) is 0 Å². The molecule has 0 aliphatic heterocycles. The van der Waals surface area contributed by atoms with Gasteiger partial charge in [-0.3, -0.25) is 14.7 Å². The molecule has 0 aliphatic carbocycles. The predicted octanol–water partition coefficient (Wildman–Crippen LogP) is 6.89. The number of ether oxygens (including phenoxy) is 1. The maximum Gasteiger partial charge on any atom is 0.260 e. The fourth-order valence-corrected chi connectivity index (χ4v) is 4.73. The van der Waals surface area contributed by atoms with Gasteiger partial charge in [0.05, 0.1) is 22.5 Å². The third kappa shape index (κ3) is 4.67. The first-order valence-corrected chi connectivity index (χ1v) is 12.0. The summed E-state index contributed by atoms with van der Waals surface area (Å²) < 4.78 is 6.94. The largest absolute Gasteiger partial charge is 0.457 e. The van der Waals surface area contributed by atoms with E-state index in [2.05, 4.69) is 24.0 Å². The number of pyridine rings is 1. The molecule has 6 heteroatoms. The van der Waals surface area contributed by atoms with Crippen molar-refractivity contribution < 1.29 is 9.53 Å². The van der Waals surface area contributed by atoms with E-state index in [1.807, 2.05) is 66.7 Å². The standard InChI is InChI=1S/C28H23N3O2S/c1-2-20-9-8-13-25-26(20)30-28(34-25)31(19-22-10-6-7-18-29-22)27(32)21-14-16-24(17-15-21)33-23-11-4-3-5-12-23/h3-18H,2,19H2,1H3. The number of aryl methyl sites for hydroxylation is 1. The van der Waals surface area contributed by atoms with Gasteiger partial charge >= 0.3 is 0 Å². The summed E-state index contributed by atoms with van der Waals surface area (Å²) in [4.78, 5) is 24.7. The van der Waals surface area contributed by atoms with Gasteiger partial charge in [-0.05, 0) is 66.6 Å². The summed E-state index contributed by atoms with van der Waals surface area (Å²) in [5.41, 5.74) is 3.49. The zero-order valence-electron chi connectivity index (χ0n) is 18.7. The highest BCUT2D eigenvalue weighted by Gasteiger charge is 2.23. The highest BCUT2D eigenvalue weighted by Crippen LogP contribution is 2.33. The van der Waals surface area contributed by atoms with Gasteiger partial charge in [-0.15, -0.1) is 0 Å². The summed E-state index contributed by atoms with van der Waals surface area (Å²) in [6.07, 6.45) is 2.62. The van der Waals surface area contributed by atoms with E-state index in [4.69, 9.17) is 9.72 Å². The molecule has 3 aromatic carbocycles. The third-order valence-corrected chi connectivity index (χ3v) is 6.52. The number of anilines is 1. The second-order valence-electron chi connectivity index (χ2n) is 7.77. The summed E-state index contributed by atoms with van der Waals surface area (Å²) in [5.74, 6) is 1.29. The van der Waals surface area contributed by atoms with Gasteiger partial charge in [0.1, 0.15) is 11.5 Å². The Morgan fingerprint density at radius 3 is 2.38 bits per heavy atom. The number of rotatable bonds is 7. The first-order valence-electron chi connectivity index (χ1n) is 11.1. The Labute approximate surface area is 202 Å². The molecule has 5 nitrogen and oxygen atoms in total. The van der Waals surface area contributed by atoms with Crippen LogP contribution in [0.3, 0.4) is 0 Å². The Morgan fingerprint density at radius 2 is 1.65 bits per heavy atom. The molecular formula is C28H23N3O2S. The molecule has 2 aromatic heterocycles. The lowest BCUT2D eigenvalue weighted by Gasteiger charge is -2.20. The lowest BCUT2D eigenvalue weighted by Crippen LogP contribution is -2.30. The number of para-hydroxylation sites is 2. The van der Waals surface area contributed by atoms with Crippen molar-refractivity contribution in [1.29, 1.82) is 0 Å². The van der Waals surface area contributed by atoms with Crippen molar-refractivity contribution in [3.05, 3.63) is 114 Å². The number of aromatic nitrogens is 2. The molecule has 0 fully saturated rings. The van der Waals surface area contributed by atoms with E-state index < -0.39 is 0 Å². The van der Waals surface area contributed by atoms with Crippen molar-refractivity contribution in [2.45, 2.75) is 19.9 Å². The highest BCUT2D eigenvalue weighted by molar-refractivity contribution is 7.22. The summed E-state index contributed by atoms with van der Waals surface area (Å²) in [7, 11) is 0. The molecule has 2 heterocycles. The average Bonchev–Trinajstić information content (AvgIpc) is 3.33. The summed E-state index contributed by atoms with van der Waals surface area (Å²) in [6.45, 7) is 2.45. The number of carbonyl (C=O) groups is 1. The van der Waals surface area contributed by atoms with Crippen LogP contribution in [-0.4, -0.2) is 15.9 Å². The topological polar surface area (TPSA) is 55.3 Å². The van der Waals surface area contributed by atoms with Crippen LogP contribution in [0.5, 0.6) is 11.5 Å². The maximum absolute atomic E-state index is 13.7. The van der Waals surface area contributed by atoms with E-state index in [0.29, 0.717) is 23.0 Å². The van der Waals surface area contributed by atoms with Gasteiger partial charge in [-0.2, -0.15) is 0 Å². The molecule has 0 unspecified atom stereocenters. The van der Waals surface area contributed by atoms with Gasteiger partial charge < -0.3 is 4.74 Å². The summed E-state index contributed by atoms with van der Waals surface area (Å²) >= 11 is 1.52. The highest BCUT2D eigenvalue weighted by atomic mass is 32.1. The molecule has 1 amide bonds. The van der Waals surface area contributed by atoms with Crippen LogP contribution in [0.2, 0.25) is 0 Å². The fraction of sp³-hybridized carbons (Fsp3) is 0.107. The molecule has 34 heavy (non-hydrogen) atoms. The molecule has 0 saturated carbocycles. The molecule has 168 valence electrons. The molecule has 0 bridgehead atoms. The molecule has 5 aromatic rings. The molecule has 0 radical (unpaired) electrons. The normalized spacial score (nSPS) is 10.9. The van der Waals surface area contributed by atoms with Gasteiger partial charge in [-0.1, -0.05) is 54.7 Å². The van der Waals surface area contributed by atoms with Crippen LogP contribution in [0.15, 0.2) is 97.2 Å². The van der Waals surface area contributed by atoms with Crippen molar-refractivity contribution >= 4 is 32.6 Å². The van der Waals surface area contributed by atoms with E-state index in [1.165, 1.54) is 16.9 Å². The van der Waals surface area contributed by atoms with Crippen LogP contribution in [0.4, 0.5) is 5.13 Å². The van der Waals surface area contributed by atoms with Gasteiger partial charge in [0.25, 0.3) is 5.91 Å². The maximum atomic E-state index is 13.7. The second-order valence-corrected chi connectivity index (χ2v) is 8.77. The Kier molecular flexibility index (Phi) is 6.31. The molecule has 0 N–H and O–H groups in total. The van der Waals surface area contributed by atoms with Crippen molar-refractivity contribution in [3.63, 3.8) is 0 Å². The van der Waals surface area contributed by atoms with Crippen molar-refractivity contribution in [3.8, 4) is 11.5 Å². The number of benzene rings is 3. The van der Waals surface area contributed by atoms with E-state index in [1.54, 1.807) is 23.2 Å². The molecule has 0 aliphatic rings. The van der Waals surface area contributed by atoms with Gasteiger partial charge in [0, 0.05) is 11.8 Å². The van der Waals surface area contributed by atoms with Crippen LogP contribution >= 0.6 is 11.3 Å². The summed E-state index contributed by atoms with van der Waals surface area (Å²) in [5, 5.41) is 0.663. The van der Waals surface area contributed by atoms with Crippen molar-refractivity contribution in [2.75, 3.05) is 4.90 Å². The fourth-order valence-electron chi connectivity index (χ4n) is 3.72. The lowest BCUT2D eigenvalue weighted by molar-refractivity contribution is 0.0985. The van der Waals surface area contributed by atoms with Gasteiger partial charge in [0.2, 0.25) is 0 Å². The van der Waals surface area contributed by atoms with E-state index in [0.717, 1.165) is 28.1 Å². The van der Waals surface area contributed by atoms with Crippen LogP contribution in [0.1, 0.15) is 28.5 Å². The number of hydrogen-bond acceptors (Lipinski definition) is 5. The Bertz CT molecular complexity index is 1400. The zero-order chi connectivity index (χ0) is 23.3. The zero-order valence-corrected chi connectivity index (χ0v) is 19.5. The van der Waals surface area contributed by atoms with Crippen LogP contribution in [0.25, 0.3) is 10.2 Å². The number of fused-ring (bicyclic) bond motifs is 1. The lowest BCUT2D eigenvalue weighted by atomic mass is 10.1. The van der Waals surface area contributed by atoms with E-state index in [-0.39, 0.29) is 5.91 Å². The molecule has 0 atom stereocenters. The molecule has 0 saturated heterocycles. The first-order chi connectivity index (χ1) is 16.7. The monoisotopic (exact) mass is 465 g/mol. The summed E-state index contributed by atoms with van der Waals surface area (Å²) in [6, 6.07) is 28.7. The second kappa shape index (κ2) is 9.85. The smallest absolute Gasteiger partial charge is 0.260 e. The van der Waals surface area contributed by atoms with Gasteiger partial charge in [0.15, 0.2) is 5.13 Å². The molecule has 5 rings (SSSR count). The Morgan fingerprint density at radius 1 is 0.882 bits per heavy atom. The minimum Gasteiger partial charge on any atom is -0.457 e. The minimum absolute atomic E-state index is 0.131. The number of amides is 1. The molecule has 0 spiro atoms. The van der Waals surface area contributed by atoms with Crippen molar-refractivity contribution in [1.82, 2.24) is 9.97 Å². The third-order valence-electron chi connectivity index (χ3n) is 5.47. The van der Waals surface area contributed by atoms with Crippen LogP contribution < -0.4 is 9.64 Å². The number of carbonyl (C=O) groups excluding carboxylic acids is 1. The number of hydrogen-bond donors (Lipinski definition) is 0. The Balaban J connectivity index is 1.47. The van der Waals surface area contributed by atoms with E-state index in [9.17, 15) is 4.79 Å².